The molecular formula is C20H22N4O4S. The zero-order chi connectivity index (χ0) is 20.6. The lowest BCUT2D eigenvalue weighted by Gasteiger charge is -2.09. The average Bonchev–Trinajstić information content (AvgIpc) is 3.38. The summed E-state index contributed by atoms with van der Waals surface area (Å²) in [7, 11) is -3.33. The largest absolute Gasteiger partial charge is 0.381 e. The standard InChI is InChI=1S/C20H22N4O4S/c1-12(2)29(26,27)15-5-3-13(4-6-15)16-9-21-19-18(23-16)17(10-22-19)24-20(25)14-7-8-28-11-14/h3-6,9-10,12,14H,7-8,11H2,1-2H3,(H,21,22)(H,24,25). The molecule has 29 heavy (non-hydrogen) atoms. The first kappa shape index (κ1) is 19.5. The smallest absolute Gasteiger partial charge is 0.230 e. The molecule has 0 aliphatic carbocycles. The minimum Gasteiger partial charge on any atom is -0.381 e. The molecule has 1 saturated heterocycles. The highest BCUT2D eigenvalue weighted by molar-refractivity contribution is 7.92. The van der Waals surface area contributed by atoms with E-state index in [4.69, 9.17) is 4.74 Å². The second-order valence-electron chi connectivity index (χ2n) is 7.32. The SMILES string of the molecule is CC(C)S(=O)(=O)c1ccc(-c2cnc3[nH]cc(NC(=O)C4CCOC4)c3n2)cc1. The van der Waals surface area contributed by atoms with Crippen LogP contribution in [0.5, 0.6) is 0 Å². The number of carbonyl (C=O) groups is 1. The first-order valence-corrected chi connectivity index (χ1v) is 11.0. The molecule has 3 aromatic rings. The summed E-state index contributed by atoms with van der Waals surface area (Å²) in [5.41, 5.74) is 3.00. The molecule has 8 nitrogen and oxygen atoms in total. The van der Waals surface area contributed by atoms with Crippen molar-refractivity contribution in [1.29, 1.82) is 0 Å². The van der Waals surface area contributed by atoms with Gasteiger partial charge in [-0.05, 0) is 32.4 Å². The van der Waals surface area contributed by atoms with Crippen LogP contribution in [0.15, 0.2) is 41.6 Å². The molecule has 1 unspecified atom stereocenters. The summed E-state index contributed by atoms with van der Waals surface area (Å²) in [4.78, 5) is 24.7. The van der Waals surface area contributed by atoms with E-state index in [0.29, 0.717) is 42.2 Å². The van der Waals surface area contributed by atoms with Gasteiger partial charge < -0.3 is 15.0 Å². The number of carbonyl (C=O) groups excluding carboxylic acids is 1. The van der Waals surface area contributed by atoms with Crippen molar-refractivity contribution in [3.63, 3.8) is 0 Å². The summed E-state index contributed by atoms with van der Waals surface area (Å²) in [6, 6.07) is 6.59. The molecule has 2 aromatic heterocycles. The predicted molar refractivity (Wildman–Crippen MR) is 109 cm³/mol. The molecule has 1 aliphatic heterocycles. The van der Waals surface area contributed by atoms with Gasteiger partial charge in [0.05, 0.1) is 40.2 Å². The van der Waals surface area contributed by atoms with Crippen LogP contribution in [0.1, 0.15) is 20.3 Å². The van der Waals surface area contributed by atoms with Crippen molar-refractivity contribution in [2.24, 2.45) is 5.92 Å². The van der Waals surface area contributed by atoms with Crippen molar-refractivity contribution in [2.45, 2.75) is 30.4 Å². The number of nitrogens with one attached hydrogen (secondary N) is 2. The maximum absolute atomic E-state index is 12.4. The summed E-state index contributed by atoms with van der Waals surface area (Å²) in [5, 5.41) is 2.41. The first-order valence-electron chi connectivity index (χ1n) is 9.43. The van der Waals surface area contributed by atoms with Gasteiger partial charge in [-0.2, -0.15) is 0 Å². The summed E-state index contributed by atoms with van der Waals surface area (Å²) in [6.07, 6.45) is 3.98. The fraction of sp³-hybridized carbons (Fsp3) is 0.350. The third-order valence-corrected chi connectivity index (χ3v) is 7.21. The number of benzene rings is 1. The lowest BCUT2D eigenvalue weighted by Crippen LogP contribution is -2.22. The lowest BCUT2D eigenvalue weighted by molar-refractivity contribution is -0.119. The molecule has 1 amide bonds. The van der Waals surface area contributed by atoms with Crippen molar-refractivity contribution in [2.75, 3.05) is 18.5 Å². The Morgan fingerprint density at radius 1 is 1.28 bits per heavy atom. The van der Waals surface area contributed by atoms with E-state index >= 15 is 0 Å². The third-order valence-electron chi connectivity index (χ3n) is 5.04. The molecule has 2 N–H and O–H groups in total. The van der Waals surface area contributed by atoms with E-state index in [1.54, 1.807) is 50.5 Å². The van der Waals surface area contributed by atoms with E-state index in [-0.39, 0.29) is 16.7 Å². The molecule has 1 aromatic carbocycles. The normalized spacial score (nSPS) is 17.1. The van der Waals surface area contributed by atoms with Gasteiger partial charge in [0, 0.05) is 18.4 Å². The predicted octanol–water partition coefficient (Wildman–Crippen LogP) is 2.78. The Labute approximate surface area is 168 Å². The van der Waals surface area contributed by atoms with Gasteiger partial charge >= 0.3 is 0 Å². The Kier molecular flexibility index (Phi) is 5.10. The van der Waals surface area contributed by atoms with Gasteiger partial charge in [-0.1, -0.05) is 12.1 Å². The van der Waals surface area contributed by atoms with E-state index in [2.05, 4.69) is 20.3 Å². The fourth-order valence-electron chi connectivity index (χ4n) is 3.19. The zero-order valence-electron chi connectivity index (χ0n) is 16.2. The van der Waals surface area contributed by atoms with Gasteiger partial charge in [0.2, 0.25) is 5.91 Å². The summed E-state index contributed by atoms with van der Waals surface area (Å²) in [6.45, 7) is 4.33. The van der Waals surface area contributed by atoms with Gasteiger partial charge in [-0.3, -0.25) is 4.79 Å². The highest BCUT2D eigenvalue weighted by Gasteiger charge is 2.24. The highest BCUT2D eigenvalue weighted by atomic mass is 32.2. The number of anilines is 1. The van der Waals surface area contributed by atoms with E-state index in [1.165, 1.54) is 0 Å². The summed E-state index contributed by atoms with van der Waals surface area (Å²) >= 11 is 0. The topological polar surface area (TPSA) is 114 Å². The van der Waals surface area contributed by atoms with E-state index < -0.39 is 15.1 Å². The molecule has 9 heteroatoms. The van der Waals surface area contributed by atoms with Crippen molar-refractivity contribution >= 4 is 32.6 Å². The van der Waals surface area contributed by atoms with Crippen molar-refractivity contribution in [3.05, 3.63) is 36.7 Å². The van der Waals surface area contributed by atoms with Gasteiger partial charge in [-0.25, -0.2) is 18.4 Å². The second kappa shape index (κ2) is 7.57. The van der Waals surface area contributed by atoms with Gasteiger partial charge in [0.15, 0.2) is 15.5 Å². The van der Waals surface area contributed by atoms with Gasteiger partial charge in [0.25, 0.3) is 0 Å². The number of aromatic amines is 1. The second-order valence-corrected chi connectivity index (χ2v) is 9.83. The quantitative estimate of drug-likeness (QED) is 0.664. The van der Waals surface area contributed by atoms with Crippen molar-refractivity contribution < 1.29 is 17.9 Å². The van der Waals surface area contributed by atoms with E-state index in [1.807, 2.05) is 0 Å². The molecule has 0 spiro atoms. The zero-order valence-corrected chi connectivity index (χ0v) is 17.0. The number of hydrogen-bond acceptors (Lipinski definition) is 6. The maximum Gasteiger partial charge on any atom is 0.230 e. The molecule has 1 fully saturated rings. The van der Waals surface area contributed by atoms with Crippen LogP contribution in [0.2, 0.25) is 0 Å². The van der Waals surface area contributed by atoms with Crippen LogP contribution in [0.25, 0.3) is 22.4 Å². The number of fused-ring (bicyclic) bond motifs is 1. The molecule has 0 saturated carbocycles. The first-order chi connectivity index (χ1) is 13.9. The molecular weight excluding hydrogens is 392 g/mol. The number of amides is 1. The Hall–Kier alpha value is -2.78. The van der Waals surface area contributed by atoms with E-state index in [0.717, 1.165) is 5.56 Å². The van der Waals surface area contributed by atoms with Gasteiger partial charge in [-0.15, -0.1) is 0 Å². The number of nitrogens with zero attached hydrogens (tertiary/aromatic N) is 2. The lowest BCUT2D eigenvalue weighted by atomic mass is 10.1. The Bertz CT molecular complexity index is 1150. The Balaban J connectivity index is 1.62. The third kappa shape index (κ3) is 3.75. The molecule has 3 heterocycles. The summed E-state index contributed by atoms with van der Waals surface area (Å²) < 4.78 is 29.9. The summed E-state index contributed by atoms with van der Waals surface area (Å²) in [5.74, 6) is -0.259. The number of aromatic nitrogens is 3. The number of sulfone groups is 1. The molecule has 152 valence electrons. The Morgan fingerprint density at radius 3 is 2.69 bits per heavy atom. The van der Waals surface area contributed by atoms with Crippen LogP contribution in [0.3, 0.4) is 0 Å². The fourth-order valence-corrected chi connectivity index (χ4v) is 4.25. The number of rotatable bonds is 5. The number of hydrogen-bond donors (Lipinski definition) is 2. The van der Waals surface area contributed by atoms with Gasteiger partial charge in [0.1, 0.15) is 5.52 Å². The minimum absolute atomic E-state index is 0.0983. The van der Waals surface area contributed by atoms with Crippen LogP contribution in [0.4, 0.5) is 5.69 Å². The molecule has 4 rings (SSSR count). The monoisotopic (exact) mass is 414 g/mol. The van der Waals surface area contributed by atoms with Crippen molar-refractivity contribution in [1.82, 2.24) is 15.0 Å². The molecule has 0 bridgehead atoms. The number of H-pyrrole nitrogens is 1. The van der Waals surface area contributed by atoms with Crippen LogP contribution in [-0.4, -0.2) is 47.7 Å². The Morgan fingerprint density at radius 2 is 2.03 bits per heavy atom. The molecule has 0 radical (unpaired) electrons. The van der Waals surface area contributed by atoms with E-state index in [9.17, 15) is 13.2 Å². The van der Waals surface area contributed by atoms with Crippen LogP contribution in [0, 0.1) is 5.92 Å². The molecule has 1 aliphatic rings. The number of ether oxygens (including phenoxy) is 1. The average molecular weight is 414 g/mol. The highest BCUT2D eigenvalue weighted by Crippen LogP contribution is 2.26. The minimum atomic E-state index is -3.33. The van der Waals surface area contributed by atoms with Crippen LogP contribution >= 0.6 is 0 Å². The van der Waals surface area contributed by atoms with Crippen molar-refractivity contribution in [3.8, 4) is 11.3 Å². The van der Waals surface area contributed by atoms with Crippen LogP contribution in [-0.2, 0) is 19.4 Å². The molecule has 1 atom stereocenters. The van der Waals surface area contributed by atoms with Crippen LogP contribution < -0.4 is 5.32 Å². The maximum atomic E-state index is 12.4.